The van der Waals surface area contributed by atoms with Gasteiger partial charge in [0.15, 0.2) is 6.10 Å². The van der Waals surface area contributed by atoms with Crippen LogP contribution in [0.25, 0.3) is 0 Å². The van der Waals surface area contributed by atoms with E-state index in [-0.39, 0.29) is 5.69 Å². The molecule has 0 heterocycles. The molecule has 156 valence electrons. The number of carbonyl (C=O) groups excluding carboxylic acids is 2. The molecular formula is C21H23F3N2O3. The maximum atomic E-state index is 12.6. The molecule has 1 N–H and O–H groups in total. The Bertz CT molecular complexity index is 830. The van der Waals surface area contributed by atoms with Gasteiger partial charge < -0.3 is 15.0 Å². The monoisotopic (exact) mass is 408 g/mol. The first kappa shape index (κ1) is 22.3. The second-order valence-electron chi connectivity index (χ2n) is 6.33. The van der Waals surface area contributed by atoms with Crippen molar-refractivity contribution in [3.63, 3.8) is 0 Å². The third-order valence-electron chi connectivity index (χ3n) is 4.36. The molecule has 0 aliphatic heterocycles. The number of halogens is 3. The fourth-order valence-corrected chi connectivity index (χ4v) is 2.67. The average Bonchev–Trinajstić information content (AvgIpc) is 2.69. The van der Waals surface area contributed by atoms with Gasteiger partial charge in [-0.3, -0.25) is 4.79 Å². The number of carbonyl (C=O) groups is 2. The minimum atomic E-state index is -4.45. The Hall–Kier alpha value is -3.03. The highest BCUT2D eigenvalue weighted by Crippen LogP contribution is 2.29. The van der Waals surface area contributed by atoms with E-state index in [4.69, 9.17) is 4.74 Å². The number of rotatable bonds is 7. The molecule has 5 nitrogen and oxygen atoms in total. The van der Waals surface area contributed by atoms with Crippen molar-refractivity contribution in [1.82, 2.24) is 0 Å². The van der Waals surface area contributed by atoms with Gasteiger partial charge in [-0.2, -0.15) is 13.2 Å². The highest BCUT2D eigenvalue weighted by atomic mass is 19.4. The number of esters is 1. The quantitative estimate of drug-likeness (QED) is 0.673. The lowest BCUT2D eigenvalue weighted by Gasteiger charge is -2.21. The van der Waals surface area contributed by atoms with Crippen LogP contribution >= 0.6 is 0 Å². The summed E-state index contributed by atoms with van der Waals surface area (Å²) in [5.74, 6) is -1.30. The van der Waals surface area contributed by atoms with Gasteiger partial charge in [-0.25, -0.2) is 4.79 Å². The largest absolute Gasteiger partial charge is 0.449 e. The number of hydrogen-bond acceptors (Lipinski definition) is 4. The van der Waals surface area contributed by atoms with E-state index in [2.05, 4.69) is 10.2 Å². The van der Waals surface area contributed by atoms with Crippen LogP contribution in [0.5, 0.6) is 0 Å². The van der Waals surface area contributed by atoms with E-state index in [1.165, 1.54) is 6.92 Å². The number of alkyl halides is 3. The van der Waals surface area contributed by atoms with Crippen molar-refractivity contribution < 1.29 is 27.5 Å². The first-order chi connectivity index (χ1) is 13.7. The van der Waals surface area contributed by atoms with E-state index in [0.29, 0.717) is 5.56 Å². The number of amides is 1. The third kappa shape index (κ3) is 5.97. The lowest BCUT2D eigenvalue weighted by molar-refractivity contribution is -0.137. The minimum absolute atomic E-state index is 0.175. The van der Waals surface area contributed by atoms with E-state index in [1.54, 1.807) is 24.3 Å². The van der Waals surface area contributed by atoms with E-state index in [0.717, 1.165) is 43.0 Å². The normalized spacial score (nSPS) is 12.2. The van der Waals surface area contributed by atoms with Crippen LogP contribution in [0.4, 0.5) is 24.5 Å². The molecule has 0 unspecified atom stereocenters. The minimum Gasteiger partial charge on any atom is -0.449 e. The van der Waals surface area contributed by atoms with Crippen LogP contribution in [-0.2, 0) is 15.7 Å². The number of ether oxygens (including phenoxy) is 1. The molecule has 2 aromatic carbocycles. The number of nitrogens with zero attached hydrogens (tertiary/aromatic N) is 1. The SMILES string of the molecule is CCN(CC)c1ccc(C(=O)O[C@H](C)C(=O)Nc2ccc(C(F)(F)F)cc2)cc1. The van der Waals surface area contributed by atoms with Crippen LogP contribution in [-0.4, -0.2) is 31.1 Å². The Morgan fingerprint density at radius 1 is 1.00 bits per heavy atom. The van der Waals surface area contributed by atoms with E-state index in [9.17, 15) is 22.8 Å². The van der Waals surface area contributed by atoms with Crippen molar-refractivity contribution in [1.29, 1.82) is 0 Å². The molecule has 29 heavy (non-hydrogen) atoms. The van der Waals surface area contributed by atoms with Crippen LogP contribution in [0.2, 0.25) is 0 Å². The van der Waals surface area contributed by atoms with Crippen LogP contribution in [0, 0.1) is 0 Å². The molecule has 8 heteroatoms. The number of anilines is 2. The Labute approximate surface area is 167 Å². The predicted molar refractivity (Wildman–Crippen MR) is 105 cm³/mol. The van der Waals surface area contributed by atoms with Crippen molar-refractivity contribution >= 4 is 23.3 Å². The lowest BCUT2D eigenvalue weighted by Crippen LogP contribution is -2.30. The number of hydrogen-bond donors (Lipinski definition) is 1. The highest BCUT2D eigenvalue weighted by Gasteiger charge is 2.30. The molecule has 0 saturated carbocycles. The van der Waals surface area contributed by atoms with Gasteiger partial charge >= 0.3 is 12.1 Å². The van der Waals surface area contributed by atoms with Gasteiger partial charge in [-0.05, 0) is 69.3 Å². The molecule has 0 aliphatic rings. The molecule has 2 aromatic rings. The second-order valence-corrected chi connectivity index (χ2v) is 6.33. The van der Waals surface area contributed by atoms with Crippen LogP contribution in [0.1, 0.15) is 36.7 Å². The summed E-state index contributed by atoms with van der Waals surface area (Å²) in [4.78, 5) is 26.5. The summed E-state index contributed by atoms with van der Waals surface area (Å²) >= 11 is 0. The summed E-state index contributed by atoms with van der Waals surface area (Å²) in [6, 6.07) is 10.9. The first-order valence-electron chi connectivity index (χ1n) is 9.19. The van der Waals surface area contributed by atoms with Crippen LogP contribution in [0.15, 0.2) is 48.5 Å². The smallest absolute Gasteiger partial charge is 0.416 e. The molecular weight excluding hydrogens is 385 g/mol. The van der Waals surface area contributed by atoms with E-state index < -0.39 is 29.7 Å². The maximum absolute atomic E-state index is 12.6. The van der Waals surface area contributed by atoms with E-state index in [1.807, 2.05) is 13.8 Å². The van der Waals surface area contributed by atoms with Crippen molar-refractivity contribution in [2.75, 3.05) is 23.3 Å². The van der Waals surface area contributed by atoms with Gasteiger partial charge in [0.25, 0.3) is 5.91 Å². The molecule has 1 atom stereocenters. The van der Waals surface area contributed by atoms with Gasteiger partial charge in [0.05, 0.1) is 11.1 Å². The molecule has 0 fully saturated rings. The molecule has 0 bridgehead atoms. The first-order valence-corrected chi connectivity index (χ1v) is 9.19. The maximum Gasteiger partial charge on any atom is 0.416 e. The summed E-state index contributed by atoms with van der Waals surface area (Å²) in [6.07, 6.45) is -5.57. The van der Waals surface area contributed by atoms with Gasteiger partial charge in [0.1, 0.15) is 0 Å². The van der Waals surface area contributed by atoms with Crippen molar-refractivity contribution in [2.45, 2.75) is 33.1 Å². The van der Waals surface area contributed by atoms with Crippen molar-refractivity contribution in [3.8, 4) is 0 Å². The summed E-state index contributed by atoms with van der Waals surface area (Å²) in [7, 11) is 0. The molecule has 2 rings (SSSR count). The molecule has 0 aromatic heterocycles. The zero-order valence-corrected chi connectivity index (χ0v) is 16.4. The fourth-order valence-electron chi connectivity index (χ4n) is 2.67. The third-order valence-corrected chi connectivity index (χ3v) is 4.36. The molecule has 0 spiro atoms. The standard InChI is InChI=1S/C21H23F3N2O3/c1-4-26(5-2)18-12-6-15(7-13-18)20(28)29-14(3)19(27)25-17-10-8-16(9-11-17)21(22,23)24/h6-14H,4-5H2,1-3H3,(H,25,27)/t14-/m1/s1. The number of nitrogens with one attached hydrogen (secondary N) is 1. The average molecular weight is 408 g/mol. The lowest BCUT2D eigenvalue weighted by atomic mass is 10.2. The van der Waals surface area contributed by atoms with Gasteiger partial charge in [0.2, 0.25) is 0 Å². The van der Waals surface area contributed by atoms with Crippen molar-refractivity contribution in [2.24, 2.45) is 0 Å². The highest BCUT2D eigenvalue weighted by molar-refractivity contribution is 5.97. The molecule has 0 aliphatic carbocycles. The second kappa shape index (κ2) is 9.45. The number of benzene rings is 2. The molecule has 0 saturated heterocycles. The summed E-state index contributed by atoms with van der Waals surface area (Å²) in [6.45, 7) is 7.12. The van der Waals surface area contributed by atoms with Gasteiger partial charge in [-0.1, -0.05) is 0 Å². The topological polar surface area (TPSA) is 58.6 Å². The summed E-state index contributed by atoms with van der Waals surface area (Å²) in [5, 5.41) is 2.43. The molecule has 0 radical (unpaired) electrons. The fraction of sp³-hybridized carbons (Fsp3) is 0.333. The Kier molecular flexibility index (Phi) is 7.25. The van der Waals surface area contributed by atoms with E-state index >= 15 is 0 Å². The van der Waals surface area contributed by atoms with Crippen molar-refractivity contribution in [3.05, 3.63) is 59.7 Å². The Balaban J connectivity index is 1.95. The predicted octanol–water partition coefficient (Wildman–Crippen LogP) is 4.74. The summed E-state index contributed by atoms with van der Waals surface area (Å²) in [5.41, 5.74) is 0.632. The molecule has 1 amide bonds. The van der Waals surface area contributed by atoms with Gasteiger partial charge in [0, 0.05) is 24.5 Å². The van der Waals surface area contributed by atoms with Crippen LogP contribution in [0.3, 0.4) is 0 Å². The zero-order valence-electron chi connectivity index (χ0n) is 16.4. The van der Waals surface area contributed by atoms with Crippen LogP contribution < -0.4 is 10.2 Å². The zero-order chi connectivity index (χ0) is 21.6. The Morgan fingerprint density at radius 3 is 2.03 bits per heavy atom. The van der Waals surface area contributed by atoms with Gasteiger partial charge in [-0.15, -0.1) is 0 Å². The Morgan fingerprint density at radius 2 is 1.55 bits per heavy atom. The summed E-state index contributed by atoms with van der Waals surface area (Å²) < 4.78 is 42.9.